The number of para-hydroxylation sites is 1. The van der Waals surface area contributed by atoms with Crippen LogP contribution in [0.2, 0.25) is 0 Å². The molecule has 1 aromatic carbocycles. The fraction of sp³-hybridized carbons (Fsp3) is 0.417. The lowest BCUT2D eigenvalue weighted by atomic mass is 10.1. The second-order valence-corrected chi connectivity index (χ2v) is 3.66. The Bertz CT molecular complexity index is 355. The number of amides is 1. The summed E-state index contributed by atoms with van der Waals surface area (Å²) in [6.07, 6.45) is 0. The molecule has 1 N–H and O–H groups in total. The summed E-state index contributed by atoms with van der Waals surface area (Å²) in [6, 6.07) is 7.31. The predicted octanol–water partition coefficient (Wildman–Crippen LogP) is 2.50. The van der Waals surface area contributed by atoms with Crippen LogP contribution >= 0.6 is 11.6 Å². The molecule has 0 fully saturated rings. The molecule has 1 unspecified atom stereocenters. The zero-order valence-corrected chi connectivity index (χ0v) is 10.3. The summed E-state index contributed by atoms with van der Waals surface area (Å²) in [6.45, 7) is 4.87. The van der Waals surface area contributed by atoms with E-state index in [-0.39, 0.29) is 5.91 Å². The van der Waals surface area contributed by atoms with Crippen LogP contribution in [0.3, 0.4) is 0 Å². The Balaban J connectivity index is 2.89. The molecule has 0 radical (unpaired) electrons. The predicted molar refractivity (Wildman–Crippen MR) is 64.9 cm³/mol. The van der Waals surface area contributed by atoms with Crippen LogP contribution in [0, 0.1) is 0 Å². The van der Waals surface area contributed by atoms with E-state index in [4.69, 9.17) is 16.3 Å². The summed E-state index contributed by atoms with van der Waals surface area (Å²) >= 11 is 6.08. The molecule has 4 heteroatoms. The highest BCUT2D eigenvalue weighted by atomic mass is 35.5. The molecular weight excluding hydrogens is 226 g/mol. The molecule has 88 valence electrons. The molecule has 0 aromatic heterocycles. The quantitative estimate of drug-likeness (QED) is 0.805. The Kier molecular flexibility index (Phi) is 5.12. The van der Waals surface area contributed by atoms with Crippen molar-refractivity contribution in [2.24, 2.45) is 0 Å². The van der Waals surface area contributed by atoms with Crippen molar-refractivity contribution in [2.75, 3.05) is 13.2 Å². The van der Waals surface area contributed by atoms with Crippen LogP contribution in [0.15, 0.2) is 24.3 Å². The van der Waals surface area contributed by atoms with Gasteiger partial charge in [-0.3, -0.25) is 4.79 Å². The maximum Gasteiger partial charge on any atom is 0.242 e. The van der Waals surface area contributed by atoms with E-state index in [1.165, 1.54) is 0 Å². The Morgan fingerprint density at radius 1 is 1.44 bits per heavy atom. The number of alkyl halides is 1. The Labute approximate surface area is 101 Å². The van der Waals surface area contributed by atoms with Gasteiger partial charge in [0.05, 0.1) is 6.61 Å². The molecule has 0 bridgehead atoms. The standard InChI is InChI=1S/C12H16ClNO2/c1-3-14-12(15)11(13)9-7-5-6-8-10(9)16-4-2/h5-8,11H,3-4H2,1-2H3,(H,14,15). The van der Waals surface area contributed by atoms with Crippen molar-refractivity contribution in [3.63, 3.8) is 0 Å². The van der Waals surface area contributed by atoms with E-state index in [0.29, 0.717) is 24.5 Å². The minimum atomic E-state index is -0.706. The van der Waals surface area contributed by atoms with Crippen LogP contribution < -0.4 is 10.1 Å². The number of ether oxygens (including phenoxy) is 1. The minimum absolute atomic E-state index is 0.198. The van der Waals surface area contributed by atoms with E-state index < -0.39 is 5.38 Å². The number of carbonyl (C=O) groups excluding carboxylic acids is 1. The Hall–Kier alpha value is -1.22. The lowest BCUT2D eigenvalue weighted by molar-refractivity contribution is -0.120. The molecule has 0 spiro atoms. The molecule has 1 atom stereocenters. The van der Waals surface area contributed by atoms with Crippen LogP contribution in [0.1, 0.15) is 24.8 Å². The first-order chi connectivity index (χ1) is 7.70. The molecule has 0 saturated carbocycles. The summed E-state index contributed by atoms with van der Waals surface area (Å²) in [5.41, 5.74) is 0.706. The molecule has 1 amide bonds. The van der Waals surface area contributed by atoms with Gasteiger partial charge in [0.15, 0.2) is 0 Å². The lowest BCUT2D eigenvalue weighted by Gasteiger charge is -2.14. The van der Waals surface area contributed by atoms with Gasteiger partial charge in [0.25, 0.3) is 0 Å². The molecule has 0 heterocycles. The van der Waals surface area contributed by atoms with Crippen molar-refractivity contribution in [1.29, 1.82) is 0 Å². The van der Waals surface area contributed by atoms with Gasteiger partial charge in [0.2, 0.25) is 5.91 Å². The highest BCUT2D eigenvalue weighted by Crippen LogP contribution is 2.29. The van der Waals surface area contributed by atoms with Gasteiger partial charge in [-0.25, -0.2) is 0 Å². The highest BCUT2D eigenvalue weighted by molar-refractivity contribution is 6.31. The van der Waals surface area contributed by atoms with Crippen molar-refractivity contribution in [2.45, 2.75) is 19.2 Å². The van der Waals surface area contributed by atoms with Crippen molar-refractivity contribution >= 4 is 17.5 Å². The van der Waals surface area contributed by atoms with Crippen LogP contribution in [0.4, 0.5) is 0 Å². The summed E-state index contributed by atoms with van der Waals surface area (Å²) in [5, 5.41) is 1.98. The summed E-state index contributed by atoms with van der Waals surface area (Å²) in [7, 11) is 0. The average molecular weight is 242 g/mol. The van der Waals surface area contributed by atoms with Gasteiger partial charge in [-0.1, -0.05) is 18.2 Å². The third-order valence-corrected chi connectivity index (χ3v) is 2.51. The van der Waals surface area contributed by atoms with Gasteiger partial charge in [0, 0.05) is 12.1 Å². The molecule has 0 aliphatic carbocycles. The van der Waals surface area contributed by atoms with Crippen LogP contribution in [0.25, 0.3) is 0 Å². The summed E-state index contributed by atoms with van der Waals surface area (Å²) < 4.78 is 5.42. The number of benzene rings is 1. The first-order valence-corrected chi connectivity index (χ1v) is 5.77. The van der Waals surface area contributed by atoms with Crippen molar-refractivity contribution < 1.29 is 9.53 Å². The topological polar surface area (TPSA) is 38.3 Å². The number of halogens is 1. The SMILES string of the molecule is CCNC(=O)C(Cl)c1ccccc1OCC. The fourth-order valence-electron chi connectivity index (χ4n) is 1.38. The van der Waals surface area contributed by atoms with Gasteiger partial charge >= 0.3 is 0 Å². The summed E-state index contributed by atoms with van der Waals surface area (Å²) in [5.74, 6) is 0.465. The first-order valence-electron chi connectivity index (χ1n) is 5.34. The molecule has 0 aliphatic rings. The third-order valence-electron chi connectivity index (χ3n) is 2.07. The highest BCUT2D eigenvalue weighted by Gasteiger charge is 2.20. The zero-order chi connectivity index (χ0) is 12.0. The van der Waals surface area contributed by atoms with E-state index >= 15 is 0 Å². The third kappa shape index (κ3) is 3.14. The summed E-state index contributed by atoms with van der Waals surface area (Å²) in [4.78, 5) is 11.6. The van der Waals surface area contributed by atoms with Crippen molar-refractivity contribution in [3.05, 3.63) is 29.8 Å². The smallest absolute Gasteiger partial charge is 0.242 e. The Morgan fingerprint density at radius 2 is 2.12 bits per heavy atom. The van der Waals surface area contributed by atoms with Gasteiger partial charge in [-0.05, 0) is 19.9 Å². The number of hydrogen-bond donors (Lipinski definition) is 1. The number of likely N-dealkylation sites (N-methyl/N-ethyl adjacent to an activating group) is 1. The van der Waals surface area contributed by atoms with Gasteiger partial charge < -0.3 is 10.1 Å². The second-order valence-electron chi connectivity index (χ2n) is 3.23. The van der Waals surface area contributed by atoms with E-state index in [2.05, 4.69) is 5.32 Å². The lowest BCUT2D eigenvalue weighted by Crippen LogP contribution is -2.26. The van der Waals surface area contributed by atoms with Gasteiger partial charge in [-0.15, -0.1) is 11.6 Å². The molecular formula is C12H16ClNO2. The fourth-order valence-corrected chi connectivity index (χ4v) is 1.64. The molecule has 0 aliphatic heterocycles. The van der Waals surface area contributed by atoms with Gasteiger partial charge in [0.1, 0.15) is 11.1 Å². The Morgan fingerprint density at radius 3 is 2.75 bits per heavy atom. The van der Waals surface area contributed by atoms with E-state index in [1.807, 2.05) is 32.0 Å². The van der Waals surface area contributed by atoms with Gasteiger partial charge in [-0.2, -0.15) is 0 Å². The maximum absolute atomic E-state index is 11.6. The van der Waals surface area contributed by atoms with Crippen LogP contribution in [-0.4, -0.2) is 19.1 Å². The van der Waals surface area contributed by atoms with E-state index in [1.54, 1.807) is 6.07 Å². The molecule has 1 rings (SSSR count). The average Bonchev–Trinajstić information content (AvgIpc) is 2.29. The van der Waals surface area contributed by atoms with E-state index in [9.17, 15) is 4.79 Å². The van der Waals surface area contributed by atoms with Crippen molar-refractivity contribution in [1.82, 2.24) is 5.32 Å². The number of rotatable bonds is 5. The monoisotopic (exact) mass is 241 g/mol. The van der Waals surface area contributed by atoms with Crippen molar-refractivity contribution in [3.8, 4) is 5.75 Å². The number of carbonyl (C=O) groups is 1. The van der Waals surface area contributed by atoms with Crippen LogP contribution in [0.5, 0.6) is 5.75 Å². The minimum Gasteiger partial charge on any atom is -0.494 e. The number of hydrogen-bond acceptors (Lipinski definition) is 2. The first kappa shape index (κ1) is 12.8. The maximum atomic E-state index is 11.6. The molecule has 1 aromatic rings. The normalized spacial score (nSPS) is 11.9. The van der Waals surface area contributed by atoms with E-state index in [0.717, 1.165) is 0 Å². The number of nitrogens with one attached hydrogen (secondary N) is 1. The van der Waals surface area contributed by atoms with Crippen LogP contribution in [-0.2, 0) is 4.79 Å². The molecule has 3 nitrogen and oxygen atoms in total. The molecule has 16 heavy (non-hydrogen) atoms. The largest absolute Gasteiger partial charge is 0.494 e. The molecule has 0 saturated heterocycles. The zero-order valence-electron chi connectivity index (χ0n) is 9.50. The second kappa shape index (κ2) is 6.38.